The zero-order valence-electron chi connectivity index (χ0n) is 17.9. The minimum atomic E-state index is -2.17. The van der Waals surface area contributed by atoms with E-state index < -0.39 is 39.6 Å². The monoisotopic (exact) mass is 478 g/mol. The summed E-state index contributed by atoms with van der Waals surface area (Å²) in [6.45, 7) is 2.72. The van der Waals surface area contributed by atoms with Crippen LogP contribution in [0, 0.1) is 39.2 Å². The molecule has 0 saturated heterocycles. The Hall–Kier alpha value is -3.89. The van der Waals surface area contributed by atoms with Crippen molar-refractivity contribution in [3.63, 3.8) is 0 Å². The average Bonchev–Trinajstić information content (AvgIpc) is 2.85. The number of rotatable bonds is 9. The number of nitro benzene ring substituents is 1. The van der Waals surface area contributed by atoms with E-state index in [1.807, 2.05) is 11.8 Å². The molecule has 6 nitrogen and oxygen atoms in total. The van der Waals surface area contributed by atoms with Gasteiger partial charge in [-0.3, -0.25) is 10.1 Å². The van der Waals surface area contributed by atoms with E-state index in [2.05, 4.69) is 10.2 Å². The first kappa shape index (κ1) is 24.7. The smallest absolute Gasteiger partial charge is 0.269 e. The zero-order valence-corrected chi connectivity index (χ0v) is 17.9. The van der Waals surface area contributed by atoms with E-state index in [0.29, 0.717) is 24.5 Å². The maximum Gasteiger partial charge on any atom is 0.269 e. The van der Waals surface area contributed by atoms with E-state index in [0.717, 1.165) is 5.69 Å². The first-order valence-electron chi connectivity index (χ1n) is 10.2. The van der Waals surface area contributed by atoms with Crippen LogP contribution in [0.5, 0.6) is 0 Å². The summed E-state index contributed by atoms with van der Waals surface area (Å²) in [6, 6.07) is 12.5. The molecule has 0 radical (unpaired) electrons. The highest BCUT2D eigenvalue weighted by atomic mass is 19.2. The molecule has 11 heteroatoms. The Bertz CT molecular complexity index is 1170. The van der Waals surface area contributed by atoms with Crippen molar-refractivity contribution in [3.05, 3.63) is 93.3 Å². The van der Waals surface area contributed by atoms with E-state index >= 15 is 0 Å². The van der Waals surface area contributed by atoms with Gasteiger partial charge in [0.2, 0.25) is 5.82 Å². The highest BCUT2D eigenvalue weighted by molar-refractivity contribution is 5.53. The van der Waals surface area contributed by atoms with Crippen molar-refractivity contribution in [1.29, 1.82) is 0 Å². The van der Waals surface area contributed by atoms with Gasteiger partial charge in [-0.15, -0.1) is 0 Å². The van der Waals surface area contributed by atoms with Crippen LogP contribution in [0.15, 0.2) is 58.8 Å². The SMILES string of the molecule is CCN(CCCc1c(F)c(F)c(F)c(F)c1F)c1ccc(N=Nc2ccc([N+](=O)[O-])cc2)cc1. The lowest BCUT2D eigenvalue weighted by atomic mass is 10.1. The molecule has 0 aliphatic rings. The van der Waals surface area contributed by atoms with Crippen LogP contribution in [-0.2, 0) is 6.42 Å². The summed E-state index contributed by atoms with van der Waals surface area (Å²) in [4.78, 5) is 12.0. The van der Waals surface area contributed by atoms with Gasteiger partial charge in [0.25, 0.3) is 5.69 Å². The molecule has 0 spiro atoms. The Morgan fingerprint density at radius 1 is 0.794 bits per heavy atom. The summed E-state index contributed by atoms with van der Waals surface area (Å²) in [5.41, 5.74) is 0.865. The van der Waals surface area contributed by atoms with Crippen molar-refractivity contribution in [2.45, 2.75) is 19.8 Å². The van der Waals surface area contributed by atoms with Gasteiger partial charge in [0, 0.05) is 36.5 Å². The van der Waals surface area contributed by atoms with Gasteiger partial charge in [0.05, 0.1) is 16.3 Å². The van der Waals surface area contributed by atoms with Gasteiger partial charge in [-0.2, -0.15) is 10.2 Å². The second-order valence-corrected chi connectivity index (χ2v) is 7.22. The Morgan fingerprint density at radius 3 is 1.74 bits per heavy atom. The first-order valence-corrected chi connectivity index (χ1v) is 10.2. The fourth-order valence-corrected chi connectivity index (χ4v) is 3.27. The Balaban J connectivity index is 1.63. The van der Waals surface area contributed by atoms with E-state index in [4.69, 9.17) is 0 Å². The summed E-state index contributed by atoms with van der Waals surface area (Å²) < 4.78 is 67.6. The fourth-order valence-electron chi connectivity index (χ4n) is 3.27. The Kier molecular flexibility index (Phi) is 7.87. The van der Waals surface area contributed by atoms with Gasteiger partial charge in [-0.1, -0.05) is 0 Å². The lowest BCUT2D eigenvalue weighted by Gasteiger charge is -2.23. The Morgan fingerprint density at radius 2 is 1.26 bits per heavy atom. The molecule has 0 bridgehead atoms. The molecule has 3 aromatic rings. The number of hydrogen-bond acceptors (Lipinski definition) is 5. The molecule has 0 N–H and O–H groups in total. The number of anilines is 1. The second kappa shape index (κ2) is 10.8. The van der Waals surface area contributed by atoms with Crippen molar-refractivity contribution in [1.82, 2.24) is 0 Å². The molecule has 178 valence electrons. The molecular weight excluding hydrogens is 459 g/mol. The predicted molar refractivity (Wildman–Crippen MR) is 116 cm³/mol. The van der Waals surface area contributed by atoms with Crippen LogP contribution in [0.2, 0.25) is 0 Å². The molecule has 0 aliphatic carbocycles. The summed E-state index contributed by atoms with van der Waals surface area (Å²) in [5.74, 6) is -9.66. The standard InChI is InChI=1S/C23H19F5N4O2/c1-2-31(13-3-4-18-19(24)21(26)23(28)22(27)20(18)25)16-9-5-14(6-10-16)29-30-15-7-11-17(12-8-15)32(33)34/h5-12H,2-4,13H2,1H3. The number of non-ortho nitro benzene ring substituents is 1. The van der Waals surface area contributed by atoms with Crippen LogP contribution in [-0.4, -0.2) is 18.0 Å². The van der Waals surface area contributed by atoms with Crippen molar-refractivity contribution in [2.24, 2.45) is 10.2 Å². The van der Waals surface area contributed by atoms with Gasteiger partial charge in [0.1, 0.15) is 0 Å². The van der Waals surface area contributed by atoms with Crippen LogP contribution in [0.4, 0.5) is 44.7 Å². The first-order chi connectivity index (χ1) is 16.2. The van der Waals surface area contributed by atoms with Crippen LogP contribution in [0.25, 0.3) is 0 Å². The molecule has 0 saturated carbocycles. The molecular formula is C23H19F5N4O2. The molecule has 0 atom stereocenters. The summed E-state index contributed by atoms with van der Waals surface area (Å²) in [7, 11) is 0. The molecule has 3 rings (SSSR count). The number of halogens is 5. The van der Waals surface area contributed by atoms with Crippen LogP contribution < -0.4 is 4.90 Å². The maximum atomic E-state index is 13.8. The number of benzene rings is 3. The van der Waals surface area contributed by atoms with Crippen LogP contribution >= 0.6 is 0 Å². The topological polar surface area (TPSA) is 71.1 Å². The fraction of sp³-hybridized carbons (Fsp3) is 0.217. The third-order valence-corrected chi connectivity index (χ3v) is 5.09. The maximum absolute atomic E-state index is 13.8. The van der Waals surface area contributed by atoms with Crippen molar-refractivity contribution in [2.75, 3.05) is 18.0 Å². The van der Waals surface area contributed by atoms with Crippen LogP contribution in [0.1, 0.15) is 18.9 Å². The highest BCUT2D eigenvalue weighted by Gasteiger charge is 2.25. The summed E-state index contributed by atoms with van der Waals surface area (Å²) >= 11 is 0. The quantitative estimate of drug-likeness (QED) is 0.0818. The van der Waals surface area contributed by atoms with Crippen LogP contribution in [0.3, 0.4) is 0 Å². The molecule has 0 aliphatic heterocycles. The van der Waals surface area contributed by atoms with Gasteiger partial charge in [-0.05, 0) is 56.2 Å². The van der Waals surface area contributed by atoms with E-state index in [1.165, 1.54) is 24.3 Å². The van der Waals surface area contributed by atoms with Gasteiger partial charge >= 0.3 is 0 Å². The van der Waals surface area contributed by atoms with Crippen molar-refractivity contribution >= 4 is 22.7 Å². The predicted octanol–water partition coefficient (Wildman–Crippen LogP) is 7.16. The molecule has 0 amide bonds. The molecule has 0 aromatic heterocycles. The number of azo groups is 1. The summed E-state index contributed by atoms with van der Waals surface area (Å²) in [6.07, 6.45) is -0.155. The van der Waals surface area contributed by atoms with E-state index in [-0.39, 0.29) is 18.5 Å². The lowest BCUT2D eigenvalue weighted by molar-refractivity contribution is -0.384. The van der Waals surface area contributed by atoms with E-state index in [1.54, 1.807) is 24.3 Å². The molecule has 0 fully saturated rings. The molecule has 0 unspecified atom stereocenters. The summed E-state index contributed by atoms with van der Waals surface area (Å²) in [5, 5.41) is 18.8. The average molecular weight is 478 g/mol. The van der Waals surface area contributed by atoms with Gasteiger partial charge in [-0.25, -0.2) is 22.0 Å². The van der Waals surface area contributed by atoms with Gasteiger partial charge < -0.3 is 4.90 Å². The minimum Gasteiger partial charge on any atom is -0.372 e. The third kappa shape index (κ3) is 5.53. The lowest BCUT2D eigenvalue weighted by Crippen LogP contribution is -2.24. The number of nitro groups is 1. The number of hydrogen-bond donors (Lipinski definition) is 0. The molecule has 34 heavy (non-hydrogen) atoms. The zero-order chi connectivity index (χ0) is 24.8. The largest absolute Gasteiger partial charge is 0.372 e. The third-order valence-electron chi connectivity index (χ3n) is 5.09. The number of nitrogens with zero attached hydrogens (tertiary/aromatic N) is 4. The van der Waals surface area contributed by atoms with Crippen molar-refractivity contribution < 1.29 is 26.9 Å². The highest BCUT2D eigenvalue weighted by Crippen LogP contribution is 2.26. The second-order valence-electron chi connectivity index (χ2n) is 7.22. The molecule has 3 aromatic carbocycles. The Labute approximate surface area is 191 Å². The minimum absolute atomic E-state index is 0.0527. The van der Waals surface area contributed by atoms with E-state index in [9.17, 15) is 32.1 Å². The van der Waals surface area contributed by atoms with Crippen molar-refractivity contribution in [3.8, 4) is 0 Å². The molecule has 0 heterocycles. The normalized spacial score (nSPS) is 11.2. The van der Waals surface area contributed by atoms with Gasteiger partial charge in [0.15, 0.2) is 23.3 Å².